The van der Waals surface area contributed by atoms with E-state index < -0.39 is 0 Å². The fourth-order valence-electron chi connectivity index (χ4n) is 2.77. The van der Waals surface area contributed by atoms with E-state index in [9.17, 15) is 4.79 Å². The molecule has 2 aromatic heterocycles. The summed E-state index contributed by atoms with van der Waals surface area (Å²) in [5, 5.41) is 8.21. The number of rotatable bonds is 3. The number of aromatic nitrogens is 3. The Morgan fingerprint density at radius 3 is 3.00 bits per heavy atom. The van der Waals surface area contributed by atoms with Crippen molar-refractivity contribution in [2.75, 3.05) is 13.2 Å². The van der Waals surface area contributed by atoms with Gasteiger partial charge in [-0.3, -0.25) is 9.48 Å². The molecule has 1 atom stereocenters. The normalized spacial score (nSPS) is 18.3. The summed E-state index contributed by atoms with van der Waals surface area (Å²) < 4.78 is 7.26. The maximum Gasteiger partial charge on any atom is 0.253 e. The molecule has 2 aromatic rings. The molecule has 0 radical (unpaired) electrons. The first-order chi connectivity index (χ1) is 10.1. The molecule has 1 fully saturated rings. The Balaban J connectivity index is 1.83. The Bertz CT molecular complexity index is 687. The Kier molecular flexibility index (Phi) is 3.63. The zero-order valence-corrected chi connectivity index (χ0v) is 12.6. The van der Waals surface area contributed by atoms with Crippen molar-refractivity contribution in [1.29, 1.82) is 0 Å². The predicted octanol–water partition coefficient (Wildman–Crippen LogP) is 1.49. The highest BCUT2D eigenvalue weighted by Crippen LogP contribution is 2.19. The van der Waals surface area contributed by atoms with Gasteiger partial charge in [-0.1, -0.05) is 0 Å². The van der Waals surface area contributed by atoms with Crippen LogP contribution in [0.1, 0.15) is 34.6 Å². The molecule has 1 aliphatic heterocycles. The van der Waals surface area contributed by atoms with E-state index in [4.69, 9.17) is 4.74 Å². The van der Waals surface area contributed by atoms with Crippen LogP contribution in [0.5, 0.6) is 0 Å². The molecule has 0 aromatic carbocycles. The maximum atomic E-state index is 12.4. The first kappa shape index (κ1) is 14.0. The first-order valence-corrected chi connectivity index (χ1v) is 7.27. The Morgan fingerprint density at radius 1 is 1.48 bits per heavy atom. The van der Waals surface area contributed by atoms with E-state index in [0.29, 0.717) is 12.1 Å². The second-order valence-corrected chi connectivity index (χ2v) is 5.55. The third-order valence-corrected chi connectivity index (χ3v) is 3.95. The molecule has 6 nitrogen and oxygen atoms in total. The van der Waals surface area contributed by atoms with E-state index in [2.05, 4.69) is 15.4 Å². The van der Waals surface area contributed by atoms with Crippen LogP contribution in [0.25, 0.3) is 11.0 Å². The lowest BCUT2D eigenvalue weighted by Gasteiger charge is -2.12. The highest BCUT2D eigenvalue weighted by molar-refractivity contribution is 5.98. The summed E-state index contributed by atoms with van der Waals surface area (Å²) in [6, 6.07) is 1.88. The molecule has 1 aliphatic rings. The summed E-state index contributed by atoms with van der Waals surface area (Å²) in [4.78, 5) is 16.9. The predicted molar refractivity (Wildman–Crippen MR) is 79.3 cm³/mol. The van der Waals surface area contributed by atoms with Gasteiger partial charge in [-0.05, 0) is 32.8 Å². The van der Waals surface area contributed by atoms with Gasteiger partial charge >= 0.3 is 0 Å². The number of carbonyl (C=O) groups is 1. The number of nitrogens with one attached hydrogen (secondary N) is 1. The molecule has 0 aliphatic carbocycles. The number of pyridine rings is 1. The van der Waals surface area contributed by atoms with Gasteiger partial charge < -0.3 is 10.1 Å². The molecule has 21 heavy (non-hydrogen) atoms. The third-order valence-electron chi connectivity index (χ3n) is 3.95. The summed E-state index contributed by atoms with van der Waals surface area (Å²) in [5.74, 6) is -0.0966. The maximum absolute atomic E-state index is 12.4. The van der Waals surface area contributed by atoms with Gasteiger partial charge in [-0.25, -0.2) is 4.98 Å². The van der Waals surface area contributed by atoms with Crippen molar-refractivity contribution in [2.24, 2.45) is 7.05 Å². The topological polar surface area (TPSA) is 69.0 Å². The molecule has 1 saturated heterocycles. The molecular weight excluding hydrogens is 268 g/mol. The highest BCUT2D eigenvalue weighted by Gasteiger charge is 2.19. The number of ether oxygens (including phenoxy) is 1. The summed E-state index contributed by atoms with van der Waals surface area (Å²) in [6.45, 7) is 5.13. The number of hydrogen-bond donors (Lipinski definition) is 1. The third kappa shape index (κ3) is 2.63. The second-order valence-electron chi connectivity index (χ2n) is 5.55. The second kappa shape index (κ2) is 5.44. The molecule has 0 bridgehead atoms. The van der Waals surface area contributed by atoms with Crippen molar-refractivity contribution in [1.82, 2.24) is 20.1 Å². The van der Waals surface area contributed by atoms with Gasteiger partial charge in [0.15, 0.2) is 5.65 Å². The minimum atomic E-state index is -0.0966. The summed E-state index contributed by atoms with van der Waals surface area (Å²) >= 11 is 0. The van der Waals surface area contributed by atoms with Crippen LogP contribution in [0, 0.1) is 13.8 Å². The number of fused-ring (bicyclic) bond motifs is 1. The van der Waals surface area contributed by atoms with Crippen LogP contribution in [-0.4, -0.2) is 39.9 Å². The fraction of sp³-hybridized carbons (Fsp3) is 0.533. The minimum absolute atomic E-state index is 0.0966. The Labute approximate surface area is 123 Å². The van der Waals surface area contributed by atoms with Gasteiger partial charge in [0.1, 0.15) is 0 Å². The number of amides is 1. The van der Waals surface area contributed by atoms with Crippen molar-refractivity contribution in [3.05, 3.63) is 23.0 Å². The van der Waals surface area contributed by atoms with E-state index in [-0.39, 0.29) is 12.0 Å². The van der Waals surface area contributed by atoms with Gasteiger partial charge in [0.2, 0.25) is 0 Å². The highest BCUT2D eigenvalue weighted by atomic mass is 16.5. The van der Waals surface area contributed by atoms with Crippen LogP contribution in [0.2, 0.25) is 0 Å². The molecule has 3 heterocycles. The molecule has 3 rings (SSSR count). The van der Waals surface area contributed by atoms with Crippen LogP contribution < -0.4 is 5.32 Å². The average Bonchev–Trinajstić information content (AvgIpc) is 3.05. The summed E-state index contributed by atoms with van der Waals surface area (Å²) in [7, 11) is 1.86. The molecule has 1 N–H and O–H groups in total. The molecule has 0 unspecified atom stereocenters. The quantitative estimate of drug-likeness (QED) is 0.929. The van der Waals surface area contributed by atoms with Gasteiger partial charge in [0, 0.05) is 25.6 Å². The largest absolute Gasteiger partial charge is 0.376 e. The van der Waals surface area contributed by atoms with Gasteiger partial charge in [-0.2, -0.15) is 5.10 Å². The standard InChI is InChI=1S/C15H20N4O2/c1-9-13(15(20)16-8-11-5-4-6-21-11)7-12-10(2)18-19(3)14(12)17-9/h7,11H,4-6,8H2,1-3H3,(H,16,20)/t11-/m1/s1. The van der Waals surface area contributed by atoms with E-state index >= 15 is 0 Å². The van der Waals surface area contributed by atoms with Crippen molar-refractivity contribution < 1.29 is 9.53 Å². The Hall–Kier alpha value is -1.95. The van der Waals surface area contributed by atoms with Crippen molar-refractivity contribution in [3.63, 3.8) is 0 Å². The molecule has 112 valence electrons. The van der Waals surface area contributed by atoms with Gasteiger partial charge in [0.25, 0.3) is 5.91 Å². The summed E-state index contributed by atoms with van der Waals surface area (Å²) in [6.07, 6.45) is 2.23. The Morgan fingerprint density at radius 2 is 2.29 bits per heavy atom. The molecular formula is C15H20N4O2. The minimum Gasteiger partial charge on any atom is -0.376 e. The zero-order valence-electron chi connectivity index (χ0n) is 12.6. The van der Waals surface area contributed by atoms with Crippen LogP contribution in [0.4, 0.5) is 0 Å². The van der Waals surface area contributed by atoms with Crippen molar-refractivity contribution in [3.8, 4) is 0 Å². The number of aryl methyl sites for hydroxylation is 3. The van der Waals surface area contributed by atoms with Crippen LogP contribution in [-0.2, 0) is 11.8 Å². The van der Waals surface area contributed by atoms with E-state index in [1.54, 1.807) is 4.68 Å². The van der Waals surface area contributed by atoms with Crippen molar-refractivity contribution >= 4 is 16.9 Å². The lowest BCUT2D eigenvalue weighted by molar-refractivity contribution is 0.0857. The van der Waals surface area contributed by atoms with E-state index in [1.807, 2.05) is 27.0 Å². The number of hydrogen-bond acceptors (Lipinski definition) is 4. The smallest absolute Gasteiger partial charge is 0.253 e. The number of carbonyl (C=O) groups excluding carboxylic acids is 1. The lowest BCUT2D eigenvalue weighted by atomic mass is 10.1. The molecule has 0 spiro atoms. The van der Waals surface area contributed by atoms with E-state index in [1.165, 1.54) is 0 Å². The lowest BCUT2D eigenvalue weighted by Crippen LogP contribution is -2.32. The van der Waals surface area contributed by atoms with E-state index in [0.717, 1.165) is 41.9 Å². The van der Waals surface area contributed by atoms with Gasteiger partial charge in [0.05, 0.1) is 23.1 Å². The first-order valence-electron chi connectivity index (χ1n) is 7.27. The zero-order chi connectivity index (χ0) is 15.0. The molecule has 0 saturated carbocycles. The average molecular weight is 288 g/mol. The SMILES string of the molecule is Cc1nc2c(cc1C(=O)NC[C@H]1CCCO1)c(C)nn2C. The summed E-state index contributed by atoms with van der Waals surface area (Å²) in [5.41, 5.74) is 3.01. The molecule has 6 heteroatoms. The van der Waals surface area contributed by atoms with Crippen molar-refractivity contribution in [2.45, 2.75) is 32.8 Å². The fourth-order valence-corrected chi connectivity index (χ4v) is 2.77. The van der Waals surface area contributed by atoms with Gasteiger partial charge in [-0.15, -0.1) is 0 Å². The monoisotopic (exact) mass is 288 g/mol. The van der Waals surface area contributed by atoms with Crippen LogP contribution >= 0.6 is 0 Å². The molecule has 1 amide bonds. The van der Waals surface area contributed by atoms with Crippen LogP contribution in [0.15, 0.2) is 6.07 Å². The van der Waals surface area contributed by atoms with Crippen LogP contribution in [0.3, 0.4) is 0 Å². The number of nitrogens with zero attached hydrogens (tertiary/aromatic N) is 3.